The lowest BCUT2D eigenvalue weighted by molar-refractivity contribution is 0.356. The highest BCUT2D eigenvalue weighted by Crippen LogP contribution is 2.86. The summed E-state index contributed by atoms with van der Waals surface area (Å²) < 4.78 is 14.8. The van der Waals surface area contributed by atoms with Gasteiger partial charge in [-0.25, -0.2) is 15.0 Å². The van der Waals surface area contributed by atoms with Crippen molar-refractivity contribution >= 4 is 113 Å². The van der Waals surface area contributed by atoms with E-state index in [9.17, 15) is 0 Å². The second kappa shape index (κ2) is 25.0. The number of rotatable bonds is 13. The molecule has 19 nitrogen and oxygen atoms in total. The second-order valence-electron chi connectivity index (χ2n) is 9.99. The lowest BCUT2D eigenvalue weighted by atomic mass is 10.3. The summed E-state index contributed by atoms with van der Waals surface area (Å²) in [6.07, 6.45) is 9.99. The van der Waals surface area contributed by atoms with Crippen molar-refractivity contribution in [2.24, 2.45) is 20.9 Å². The third-order valence-corrected chi connectivity index (χ3v) is 28.2. The predicted molar refractivity (Wildman–Crippen MR) is 236 cm³/mol. The lowest BCUT2D eigenvalue weighted by Gasteiger charge is -2.10. The number of halogens is 3. The molecule has 6 aromatic rings. The van der Waals surface area contributed by atoms with Gasteiger partial charge in [0.05, 0.1) is 25.7 Å². The van der Waals surface area contributed by atoms with Crippen molar-refractivity contribution in [1.29, 1.82) is 11.1 Å². The largest absolute Gasteiger partial charge is 0.488 e. The Balaban J connectivity index is 0.000000234. The maximum Gasteiger partial charge on any atom is 0.226 e. The highest BCUT2D eigenvalue weighted by atomic mass is 35.5. The summed E-state index contributed by atoms with van der Waals surface area (Å²) in [4.78, 5) is 33.2. The predicted octanol–water partition coefficient (Wildman–Crippen LogP) is 9.57. The molecule has 28 heteroatoms. The normalized spacial score (nSPS) is 10.6. The summed E-state index contributed by atoms with van der Waals surface area (Å²) in [6.45, 7) is 9.26. The first-order chi connectivity index (χ1) is 26.9. The van der Waals surface area contributed by atoms with Gasteiger partial charge in [-0.15, -0.1) is 35.7 Å². The molecule has 6 rings (SSSR count). The van der Waals surface area contributed by atoms with Gasteiger partial charge in [-0.2, -0.15) is 26.0 Å². The van der Waals surface area contributed by atoms with Crippen molar-refractivity contribution in [3.63, 3.8) is 0 Å². The maximum absolute atomic E-state index is 6.02. The van der Waals surface area contributed by atoms with Gasteiger partial charge >= 0.3 is 0 Å². The molecular formula is C28H34Cl3N17O2P6. The van der Waals surface area contributed by atoms with Gasteiger partial charge in [0.1, 0.15) is 47.1 Å². The summed E-state index contributed by atoms with van der Waals surface area (Å²) in [5.74, 6) is 1.60. The monoisotopic (exact) mass is 931 g/mol. The van der Waals surface area contributed by atoms with Gasteiger partial charge in [0.15, 0.2) is 22.3 Å². The number of anilines is 1. The molecule has 0 spiro atoms. The molecule has 4 unspecified atom stereocenters. The van der Waals surface area contributed by atoms with Gasteiger partial charge in [0.2, 0.25) is 10.6 Å². The maximum atomic E-state index is 6.02. The number of nitrogens with zero attached hydrogens (tertiary/aromatic N) is 14. The first-order valence-electron chi connectivity index (χ1n) is 15.2. The molecule has 0 aliphatic rings. The summed E-state index contributed by atoms with van der Waals surface area (Å²) >= 11 is 17.7. The molecule has 56 heavy (non-hydrogen) atoms. The third-order valence-electron chi connectivity index (χ3n) is 6.30. The summed E-state index contributed by atoms with van der Waals surface area (Å²) in [7, 11) is 11.2. The number of fused-ring (bicyclic) bond motifs is 2. The fraction of sp³-hybridized carbons (Fsp3) is 0.143. The van der Waals surface area contributed by atoms with E-state index in [1.165, 1.54) is 0 Å². The number of nitrogens with two attached hydrogens (primary N) is 1. The Bertz CT molecular complexity index is 2110. The molecule has 4 atom stereocenters. The summed E-state index contributed by atoms with van der Waals surface area (Å²) in [6, 6.07) is 7.32. The zero-order chi connectivity index (χ0) is 41.0. The number of aromatic nitrogens is 10. The van der Waals surface area contributed by atoms with Crippen LogP contribution in [0.25, 0.3) is 22.3 Å². The Morgan fingerprint density at radius 3 is 1.61 bits per heavy atom. The molecule has 0 bridgehead atoms. The van der Waals surface area contributed by atoms with E-state index in [1.54, 1.807) is 46.3 Å². The van der Waals surface area contributed by atoms with Crippen molar-refractivity contribution in [3.05, 3.63) is 102 Å². The molecule has 6 heterocycles. The standard InChI is InChI=1S/C14H11Cl2N5O.C14H13ClN6O.H2N6.H8P6/c1-2-6-22-10-4-3-5-17-9(10)7-21-8-18-11-12(15)19-14(16)20-13(11)21;1-2-6-22-10-4-3-5-17-9(10)7-21-8-18-11-12(16)19-14(15)20-13(11)21;1-3-5-6-4-2;1-5(2)6(3)4/h2-5,8H,1,6-7H2;2-5,8H,1,6-7H2,(H2,16,19,20);1-2H;1-4H2/b;;3-1?,4-2?,6-5+;. The van der Waals surface area contributed by atoms with Crippen LogP contribution in [0.2, 0.25) is 15.7 Å². The SMILES string of the molecule is C=CCOc1cccnc1Cn1cnc2c(Cl)nc(Cl)nc21.C=CCOc1cccnc1Cn1cnc2c(N)nc(Cl)nc21.N=N/N=N/N=N.PP(P)P(P)P. The smallest absolute Gasteiger partial charge is 0.226 e. The number of nitrogens with one attached hydrogen (secondary N) is 2. The molecule has 0 amide bonds. The van der Waals surface area contributed by atoms with Crippen molar-refractivity contribution in [2.75, 3.05) is 18.9 Å². The fourth-order valence-corrected chi connectivity index (χ4v) is 4.65. The molecule has 0 aliphatic heterocycles. The van der Waals surface area contributed by atoms with Gasteiger partial charge in [0, 0.05) is 12.4 Å². The minimum atomic E-state index is 0.0726. The van der Waals surface area contributed by atoms with Gasteiger partial charge in [-0.05, 0) is 82.3 Å². The molecule has 0 saturated carbocycles. The highest BCUT2D eigenvalue weighted by Gasteiger charge is 2.15. The Labute approximate surface area is 346 Å². The molecule has 0 aliphatic carbocycles. The molecule has 294 valence electrons. The number of hydrogen-bond acceptors (Lipinski definition) is 13. The average molecular weight is 933 g/mol. The van der Waals surface area contributed by atoms with E-state index in [-0.39, 0.29) is 35.5 Å². The van der Waals surface area contributed by atoms with Crippen LogP contribution in [0.15, 0.2) is 95.5 Å². The summed E-state index contributed by atoms with van der Waals surface area (Å²) in [5.41, 5.74) is 21.2. The fourth-order valence-electron chi connectivity index (χ4n) is 4.06. The minimum absolute atomic E-state index is 0.0726. The Morgan fingerprint density at radius 1 is 0.714 bits per heavy atom. The van der Waals surface area contributed by atoms with Gasteiger partial charge in [0.25, 0.3) is 0 Å². The first kappa shape index (κ1) is 46.9. The van der Waals surface area contributed by atoms with Crippen LogP contribution in [0.3, 0.4) is 0 Å². The van der Waals surface area contributed by atoms with E-state index in [4.69, 9.17) is 61.1 Å². The molecule has 0 aromatic carbocycles. The van der Waals surface area contributed by atoms with E-state index < -0.39 is 0 Å². The van der Waals surface area contributed by atoms with Crippen LogP contribution in [0.5, 0.6) is 11.5 Å². The van der Waals surface area contributed by atoms with Gasteiger partial charge < -0.3 is 24.3 Å². The van der Waals surface area contributed by atoms with Crippen LogP contribution in [-0.2, 0) is 13.1 Å². The summed E-state index contributed by atoms with van der Waals surface area (Å²) in [5, 5.41) is 10.5. The number of pyridine rings is 2. The number of nitrogen functional groups attached to an aromatic ring is 1. The van der Waals surface area contributed by atoms with Crippen LogP contribution >= 0.6 is 84.5 Å². The number of hydrogen-bond donors (Lipinski definition) is 3. The molecule has 0 fully saturated rings. The number of imidazole rings is 2. The Kier molecular flexibility index (Phi) is 21.0. The van der Waals surface area contributed by atoms with Crippen molar-refractivity contribution in [1.82, 2.24) is 49.0 Å². The van der Waals surface area contributed by atoms with E-state index in [0.29, 0.717) is 60.1 Å². The van der Waals surface area contributed by atoms with Crippen LogP contribution in [-0.4, -0.2) is 62.2 Å². The van der Waals surface area contributed by atoms with Crippen molar-refractivity contribution in [3.8, 4) is 11.5 Å². The molecule has 0 saturated heterocycles. The van der Waals surface area contributed by atoms with Crippen molar-refractivity contribution < 1.29 is 9.47 Å². The molecule has 6 aromatic heterocycles. The molecule has 0 radical (unpaired) electrons. The van der Waals surface area contributed by atoms with E-state index in [2.05, 4.69) is 110 Å². The van der Waals surface area contributed by atoms with Gasteiger partial charge in [-0.3, -0.25) is 9.97 Å². The molecular weight excluding hydrogens is 899 g/mol. The van der Waals surface area contributed by atoms with Crippen LogP contribution < -0.4 is 15.2 Å². The minimum Gasteiger partial charge on any atom is -0.488 e. The Hall–Kier alpha value is -3.47. The van der Waals surface area contributed by atoms with E-state index in [1.807, 2.05) is 24.3 Å². The van der Waals surface area contributed by atoms with E-state index >= 15 is 0 Å². The average Bonchev–Trinajstić information content (AvgIpc) is 3.78. The third kappa shape index (κ3) is 14.8. The van der Waals surface area contributed by atoms with E-state index in [0.717, 1.165) is 11.4 Å². The number of ether oxygens (including phenoxy) is 2. The van der Waals surface area contributed by atoms with Crippen LogP contribution in [0.1, 0.15) is 11.4 Å². The zero-order valence-electron chi connectivity index (χ0n) is 29.0. The van der Waals surface area contributed by atoms with Gasteiger partial charge in [-0.1, -0.05) is 36.9 Å². The first-order valence-corrected chi connectivity index (χ1v) is 26.2. The Morgan fingerprint density at radius 2 is 1.16 bits per heavy atom. The zero-order valence-corrected chi connectivity index (χ0v) is 37.7. The second-order valence-corrected chi connectivity index (χ2v) is 30.8. The molecule has 4 N–H and O–H groups in total. The van der Waals surface area contributed by atoms with Crippen LogP contribution in [0.4, 0.5) is 5.82 Å². The topological polar surface area (TPSA) is 255 Å². The van der Waals surface area contributed by atoms with Crippen LogP contribution in [0, 0.1) is 11.1 Å². The lowest BCUT2D eigenvalue weighted by Crippen LogP contribution is -2.06. The van der Waals surface area contributed by atoms with Crippen molar-refractivity contribution in [2.45, 2.75) is 13.1 Å². The highest BCUT2D eigenvalue weighted by molar-refractivity contribution is 8.92. The quantitative estimate of drug-likeness (QED) is 0.0245.